The summed E-state index contributed by atoms with van der Waals surface area (Å²) in [4.78, 5) is 26.2. The van der Waals surface area contributed by atoms with E-state index in [0.717, 1.165) is 11.8 Å². The minimum atomic E-state index is -1.08. The predicted octanol–water partition coefficient (Wildman–Crippen LogP) is 3.15. The molecule has 0 aliphatic rings. The number of pyridine rings is 1. The monoisotopic (exact) mass is 290 g/mol. The number of carboxylic acid groups (broad SMARTS) is 1. The van der Waals surface area contributed by atoms with Gasteiger partial charge in [-0.3, -0.25) is 10.1 Å². The second kappa shape index (κ2) is 5.70. The van der Waals surface area contributed by atoms with Crippen LogP contribution in [0.1, 0.15) is 15.9 Å². The van der Waals surface area contributed by atoms with Gasteiger partial charge in [0.1, 0.15) is 5.03 Å². The first kappa shape index (κ1) is 14.0. The van der Waals surface area contributed by atoms with E-state index in [9.17, 15) is 14.9 Å². The molecule has 0 amide bonds. The minimum Gasteiger partial charge on any atom is -0.478 e. The SMILES string of the molecule is Cc1c(Sc2ncccc2C(=O)O)cccc1[N+](=O)[O-]. The zero-order valence-corrected chi connectivity index (χ0v) is 11.3. The molecule has 0 aliphatic heterocycles. The van der Waals surface area contributed by atoms with Gasteiger partial charge in [0.05, 0.1) is 10.5 Å². The summed E-state index contributed by atoms with van der Waals surface area (Å²) in [5.74, 6) is -1.08. The number of hydrogen-bond acceptors (Lipinski definition) is 5. The molecule has 0 aliphatic carbocycles. The molecule has 1 heterocycles. The number of nitrogens with zero attached hydrogens (tertiary/aromatic N) is 2. The highest BCUT2D eigenvalue weighted by Gasteiger charge is 2.17. The maximum absolute atomic E-state index is 11.1. The Kier molecular flexibility index (Phi) is 3.99. The topological polar surface area (TPSA) is 93.3 Å². The average Bonchev–Trinajstić information content (AvgIpc) is 2.41. The van der Waals surface area contributed by atoms with Crippen LogP contribution < -0.4 is 0 Å². The average molecular weight is 290 g/mol. The zero-order chi connectivity index (χ0) is 14.7. The molecule has 20 heavy (non-hydrogen) atoms. The van der Waals surface area contributed by atoms with Crippen molar-refractivity contribution in [1.82, 2.24) is 4.98 Å². The molecule has 1 aromatic heterocycles. The summed E-state index contributed by atoms with van der Waals surface area (Å²) in [6.07, 6.45) is 1.49. The maximum atomic E-state index is 11.1. The number of aromatic nitrogens is 1. The van der Waals surface area contributed by atoms with Gasteiger partial charge >= 0.3 is 5.97 Å². The number of aromatic carboxylic acids is 1. The van der Waals surface area contributed by atoms with Gasteiger partial charge in [0.15, 0.2) is 0 Å². The fourth-order valence-corrected chi connectivity index (χ4v) is 2.64. The van der Waals surface area contributed by atoms with Crippen LogP contribution in [0.4, 0.5) is 5.69 Å². The second-order valence-corrected chi connectivity index (χ2v) is 4.95. The quantitative estimate of drug-likeness (QED) is 0.686. The molecule has 0 unspecified atom stereocenters. The summed E-state index contributed by atoms with van der Waals surface area (Å²) in [5.41, 5.74) is 0.565. The lowest BCUT2D eigenvalue weighted by Crippen LogP contribution is -2.00. The van der Waals surface area contributed by atoms with Gasteiger partial charge in [-0.2, -0.15) is 0 Å². The molecule has 0 spiro atoms. The Morgan fingerprint density at radius 3 is 2.75 bits per heavy atom. The fourth-order valence-electron chi connectivity index (χ4n) is 1.65. The largest absolute Gasteiger partial charge is 0.478 e. The Labute approximate surface area is 118 Å². The van der Waals surface area contributed by atoms with Crippen LogP contribution in [0.3, 0.4) is 0 Å². The third-order valence-corrected chi connectivity index (χ3v) is 3.84. The van der Waals surface area contributed by atoms with Crippen molar-refractivity contribution < 1.29 is 14.8 Å². The van der Waals surface area contributed by atoms with E-state index in [-0.39, 0.29) is 11.3 Å². The van der Waals surface area contributed by atoms with E-state index in [1.54, 1.807) is 19.1 Å². The lowest BCUT2D eigenvalue weighted by atomic mass is 10.2. The van der Waals surface area contributed by atoms with Crippen LogP contribution in [0, 0.1) is 17.0 Å². The van der Waals surface area contributed by atoms with Crippen molar-refractivity contribution in [2.24, 2.45) is 0 Å². The van der Waals surface area contributed by atoms with E-state index >= 15 is 0 Å². The Bertz CT molecular complexity index is 688. The van der Waals surface area contributed by atoms with E-state index in [0.29, 0.717) is 15.5 Å². The van der Waals surface area contributed by atoms with E-state index < -0.39 is 10.9 Å². The molecule has 0 radical (unpaired) electrons. The molecule has 2 rings (SSSR count). The Morgan fingerprint density at radius 2 is 2.10 bits per heavy atom. The molecule has 1 aromatic carbocycles. The summed E-state index contributed by atoms with van der Waals surface area (Å²) in [6, 6.07) is 7.66. The molecule has 1 N–H and O–H groups in total. The molecule has 6 nitrogen and oxygen atoms in total. The number of nitro groups is 1. The van der Waals surface area contributed by atoms with E-state index in [2.05, 4.69) is 4.98 Å². The number of rotatable bonds is 4. The summed E-state index contributed by atoms with van der Waals surface area (Å²) in [5, 5.41) is 20.3. The fraction of sp³-hybridized carbons (Fsp3) is 0.0769. The third kappa shape index (κ3) is 2.77. The Morgan fingerprint density at radius 1 is 1.35 bits per heavy atom. The molecule has 0 fully saturated rings. The van der Waals surface area contributed by atoms with Crippen LogP contribution in [0.15, 0.2) is 46.5 Å². The molecule has 0 bridgehead atoms. The van der Waals surface area contributed by atoms with Crippen molar-refractivity contribution in [3.05, 3.63) is 57.8 Å². The lowest BCUT2D eigenvalue weighted by molar-refractivity contribution is -0.385. The molecular formula is C13H10N2O4S. The van der Waals surface area contributed by atoms with Crippen LogP contribution in [-0.4, -0.2) is 21.0 Å². The molecule has 0 saturated heterocycles. The molecule has 2 aromatic rings. The first-order chi connectivity index (χ1) is 9.50. The summed E-state index contributed by atoms with van der Waals surface area (Å²) < 4.78 is 0. The molecular weight excluding hydrogens is 280 g/mol. The normalized spacial score (nSPS) is 10.2. The molecule has 7 heteroatoms. The number of hydrogen-bond donors (Lipinski definition) is 1. The van der Waals surface area contributed by atoms with Crippen LogP contribution >= 0.6 is 11.8 Å². The van der Waals surface area contributed by atoms with Gasteiger partial charge in [-0.1, -0.05) is 17.8 Å². The number of nitro benzene ring substituents is 1. The van der Waals surface area contributed by atoms with Crippen LogP contribution in [0.5, 0.6) is 0 Å². The Hall–Kier alpha value is -2.41. The smallest absolute Gasteiger partial charge is 0.338 e. The summed E-state index contributed by atoms with van der Waals surface area (Å²) >= 11 is 1.10. The predicted molar refractivity (Wildman–Crippen MR) is 73.2 cm³/mol. The second-order valence-electron chi connectivity index (χ2n) is 3.92. The number of carboxylic acids is 1. The highest BCUT2D eigenvalue weighted by atomic mass is 32.2. The lowest BCUT2D eigenvalue weighted by Gasteiger charge is -2.07. The van der Waals surface area contributed by atoms with Gasteiger partial charge in [-0.25, -0.2) is 9.78 Å². The Balaban J connectivity index is 2.43. The van der Waals surface area contributed by atoms with Gasteiger partial charge in [0.25, 0.3) is 5.69 Å². The van der Waals surface area contributed by atoms with Crippen molar-refractivity contribution >= 4 is 23.4 Å². The van der Waals surface area contributed by atoms with Crippen molar-refractivity contribution in [1.29, 1.82) is 0 Å². The highest BCUT2D eigenvalue weighted by molar-refractivity contribution is 7.99. The van der Waals surface area contributed by atoms with Crippen molar-refractivity contribution in [3.8, 4) is 0 Å². The van der Waals surface area contributed by atoms with E-state index in [1.165, 1.54) is 24.4 Å². The summed E-state index contributed by atoms with van der Waals surface area (Å²) in [6.45, 7) is 1.63. The first-order valence-electron chi connectivity index (χ1n) is 5.61. The van der Waals surface area contributed by atoms with Crippen molar-refractivity contribution in [2.45, 2.75) is 16.8 Å². The van der Waals surface area contributed by atoms with Crippen LogP contribution in [0.2, 0.25) is 0 Å². The third-order valence-electron chi connectivity index (χ3n) is 2.66. The van der Waals surface area contributed by atoms with Gasteiger partial charge in [-0.15, -0.1) is 0 Å². The molecule has 102 valence electrons. The maximum Gasteiger partial charge on any atom is 0.338 e. The molecule has 0 atom stereocenters. The highest BCUT2D eigenvalue weighted by Crippen LogP contribution is 2.34. The van der Waals surface area contributed by atoms with Gasteiger partial charge in [-0.05, 0) is 25.1 Å². The van der Waals surface area contributed by atoms with E-state index in [1.807, 2.05) is 0 Å². The minimum absolute atomic E-state index is 0.00260. The van der Waals surface area contributed by atoms with E-state index in [4.69, 9.17) is 5.11 Å². The first-order valence-corrected chi connectivity index (χ1v) is 6.42. The van der Waals surface area contributed by atoms with Crippen LogP contribution in [-0.2, 0) is 0 Å². The van der Waals surface area contributed by atoms with Gasteiger partial charge < -0.3 is 5.11 Å². The standard InChI is InChI=1S/C13H10N2O4S/c1-8-10(15(18)19)5-2-6-11(8)20-12-9(13(16)17)4-3-7-14-12/h2-7H,1H3,(H,16,17). The zero-order valence-electron chi connectivity index (χ0n) is 10.4. The number of carbonyl (C=O) groups is 1. The molecule has 0 saturated carbocycles. The van der Waals surface area contributed by atoms with Crippen LogP contribution in [0.25, 0.3) is 0 Å². The van der Waals surface area contributed by atoms with Gasteiger partial charge in [0, 0.05) is 22.7 Å². The van der Waals surface area contributed by atoms with Crippen molar-refractivity contribution in [2.75, 3.05) is 0 Å². The van der Waals surface area contributed by atoms with Crippen molar-refractivity contribution in [3.63, 3.8) is 0 Å². The number of benzene rings is 1. The van der Waals surface area contributed by atoms with Gasteiger partial charge in [0.2, 0.25) is 0 Å². The summed E-state index contributed by atoms with van der Waals surface area (Å²) in [7, 11) is 0.